The summed E-state index contributed by atoms with van der Waals surface area (Å²) in [7, 11) is 0. The molecule has 0 saturated heterocycles. The van der Waals surface area contributed by atoms with Gasteiger partial charge in [-0.05, 0) is 50.2 Å². The maximum absolute atomic E-state index is 13.2. The summed E-state index contributed by atoms with van der Waals surface area (Å²) in [5, 5.41) is 12.9. The van der Waals surface area contributed by atoms with Crippen molar-refractivity contribution in [3.63, 3.8) is 0 Å². The second-order valence-corrected chi connectivity index (χ2v) is 10.4. The van der Waals surface area contributed by atoms with Gasteiger partial charge < -0.3 is 9.84 Å². The molecule has 170 valence electrons. The highest BCUT2D eigenvalue weighted by Crippen LogP contribution is 2.38. The first-order chi connectivity index (χ1) is 15.1. The molecule has 0 saturated carbocycles. The first-order valence-corrected chi connectivity index (χ1v) is 11.6. The van der Waals surface area contributed by atoms with Gasteiger partial charge in [-0.3, -0.25) is 9.48 Å². The van der Waals surface area contributed by atoms with Crippen LogP contribution in [0.3, 0.4) is 0 Å². The molecule has 0 spiro atoms. The number of amides is 1. The number of nitrogens with zero attached hydrogens (tertiary/aromatic N) is 3. The molecule has 1 aliphatic carbocycles. The minimum atomic E-state index is -0.272. The molecule has 0 unspecified atom stereocenters. The lowest BCUT2D eigenvalue weighted by molar-refractivity contribution is 0.101. The Morgan fingerprint density at radius 3 is 2.59 bits per heavy atom. The van der Waals surface area contributed by atoms with E-state index in [1.807, 2.05) is 19.9 Å². The number of carbonyl (C=O) groups excluding carboxylic acids is 1. The molecule has 8 heteroatoms. The largest absolute Gasteiger partial charge is 0.360 e. The third-order valence-electron chi connectivity index (χ3n) is 6.47. The Labute approximate surface area is 198 Å². The van der Waals surface area contributed by atoms with E-state index in [0.717, 1.165) is 41.8 Å². The molecule has 1 aliphatic rings. The molecule has 0 aliphatic heterocycles. The van der Waals surface area contributed by atoms with Gasteiger partial charge in [0.15, 0.2) is 5.69 Å². The Morgan fingerprint density at radius 2 is 1.94 bits per heavy atom. The lowest BCUT2D eigenvalue weighted by Gasteiger charge is -2.33. The monoisotopic (exact) mass is 474 g/mol. The van der Waals surface area contributed by atoms with Gasteiger partial charge in [-0.15, -0.1) is 0 Å². The van der Waals surface area contributed by atoms with Crippen LogP contribution in [0.15, 0.2) is 22.7 Å². The van der Waals surface area contributed by atoms with Crippen LogP contribution < -0.4 is 5.32 Å². The summed E-state index contributed by atoms with van der Waals surface area (Å²) in [6, 6.07) is 5.41. The van der Waals surface area contributed by atoms with Crippen molar-refractivity contribution in [1.82, 2.24) is 14.9 Å². The summed E-state index contributed by atoms with van der Waals surface area (Å²) in [5.74, 6) is 1.03. The molecule has 6 nitrogen and oxygen atoms in total. The molecule has 1 N–H and O–H groups in total. The topological polar surface area (TPSA) is 73.0 Å². The Morgan fingerprint density at radius 1 is 1.25 bits per heavy atom. The maximum atomic E-state index is 13.2. The Bertz CT molecular complexity index is 1150. The van der Waals surface area contributed by atoms with Crippen molar-refractivity contribution in [1.29, 1.82) is 0 Å². The normalized spacial score (nSPS) is 16.2. The molecule has 4 rings (SSSR count). The number of aryl methyl sites for hydroxylation is 2. The number of rotatable bonds is 4. The summed E-state index contributed by atoms with van der Waals surface area (Å²) in [6.45, 7) is 10.9. The fourth-order valence-corrected chi connectivity index (χ4v) is 4.88. The number of anilines is 1. The molecule has 1 atom stereocenters. The minimum Gasteiger partial charge on any atom is -0.360 e. The lowest BCUT2D eigenvalue weighted by atomic mass is 9.71. The zero-order valence-corrected chi connectivity index (χ0v) is 20.6. The van der Waals surface area contributed by atoms with Crippen molar-refractivity contribution >= 4 is 34.8 Å². The molecule has 32 heavy (non-hydrogen) atoms. The molecule has 2 heterocycles. The van der Waals surface area contributed by atoms with E-state index in [9.17, 15) is 4.79 Å². The lowest BCUT2D eigenvalue weighted by Crippen LogP contribution is -2.27. The smallest absolute Gasteiger partial charge is 0.278 e. The molecule has 0 fully saturated rings. The number of halogens is 2. The van der Waals surface area contributed by atoms with E-state index in [0.29, 0.717) is 39.6 Å². The Balaban J connectivity index is 1.58. The number of benzene rings is 1. The summed E-state index contributed by atoms with van der Waals surface area (Å²) in [6.07, 6.45) is 2.65. The summed E-state index contributed by atoms with van der Waals surface area (Å²) in [5.41, 5.74) is 4.45. The van der Waals surface area contributed by atoms with E-state index in [1.54, 1.807) is 16.8 Å². The fourth-order valence-electron chi connectivity index (χ4n) is 4.36. The Hall–Kier alpha value is -2.31. The maximum Gasteiger partial charge on any atom is 0.278 e. The first-order valence-electron chi connectivity index (χ1n) is 10.8. The first kappa shape index (κ1) is 22.9. The van der Waals surface area contributed by atoms with Crippen LogP contribution in [0, 0.1) is 25.2 Å². The number of nitrogens with one attached hydrogen (secondary N) is 1. The van der Waals surface area contributed by atoms with Crippen molar-refractivity contribution < 1.29 is 9.32 Å². The number of aromatic nitrogens is 3. The van der Waals surface area contributed by atoms with Gasteiger partial charge in [0.1, 0.15) is 5.76 Å². The van der Waals surface area contributed by atoms with E-state index in [2.05, 4.69) is 36.3 Å². The van der Waals surface area contributed by atoms with E-state index in [4.69, 9.17) is 27.7 Å². The molecule has 3 aromatic rings. The van der Waals surface area contributed by atoms with Crippen LogP contribution in [-0.2, 0) is 19.4 Å². The standard InChI is InChI=1S/C24H28Cl2N4O2/c1-13-21(14(2)30(28-13)12-17-18(25)7-6-8-19(17)26)27-23(31)22-16-11-15(24(3,4)5)9-10-20(16)32-29-22/h6-8,15H,9-12H2,1-5H3,(H,27,31)/t15-/m0/s1. The number of carbonyl (C=O) groups is 1. The third-order valence-corrected chi connectivity index (χ3v) is 7.18. The summed E-state index contributed by atoms with van der Waals surface area (Å²) in [4.78, 5) is 13.2. The van der Waals surface area contributed by atoms with Gasteiger partial charge in [-0.2, -0.15) is 5.10 Å². The van der Waals surface area contributed by atoms with Crippen LogP contribution in [-0.4, -0.2) is 20.8 Å². The van der Waals surface area contributed by atoms with Gasteiger partial charge in [0.05, 0.1) is 23.6 Å². The SMILES string of the molecule is Cc1nn(Cc2c(Cl)cccc2Cl)c(C)c1NC(=O)c1noc2c1C[C@@H](C(C)(C)C)CC2. The number of hydrogen-bond acceptors (Lipinski definition) is 4. The van der Waals surface area contributed by atoms with Crippen LogP contribution in [0.4, 0.5) is 5.69 Å². The highest BCUT2D eigenvalue weighted by Gasteiger charge is 2.34. The van der Waals surface area contributed by atoms with E-state index < -0.39 is 0 Å². The van der Waals surface area contributed by atoms with Crippen molar-refractivity contribution in [3.05, 3.63) is 62.2 Å². The van der Waals surface area contributed by atoms with Gasteiger partial charge in [0, 0.05) is 27.6 Å². The second-order valence-electron chi connectivity index (χ2n) is 9.60. The summed E-state index contributed by atoms with van der Waals surface area (Å²) >= 11 is 12.7. The van der Waals surface area contributed by atoms with Crippen LogP contribution >= 0.6 is 23.2 Å². The Kier molecular flexibility index (Phi) is 6.12. The number of fused-ring (bicyclic) bond motifs is 1. The van der Waals surface area contributed by atoms with E-state index >= 15 is 0 Å². The van der Waals surface area contributed by atoms with E-state index in [1.165, 1.54) is 0 Å². The van der Waals surface area contributed by atoms with Crippen LogP contribution in [0.5, 0.6) is 0 Å². The molecular weight excluding hydrogens is 447 g/mol. The fraction of sp³-hybridized carbons (Fsp3) is 0.458. The molecule has 2 aromatic heterocycles. The molecule has 0 bridgehead atoms. The molecular formula is C24H28Cl2N4O2. The van der Waals surface area contributed by atoms with Crippen LogP contribution in [0.1, 0.15) is 66.0 Å². The van der Waals surface area contributed by atoms with Crippen LogP contribution in [0.25, 0.3) is 0 Å². The van der Waals surface area contributed by atoms with Gasteiger partial charge in [0.25, 0.3) is 5.91 Å². The summed E-state index contributed by atoms with van der Waals surface area (Å²) < 4.78 is 7.31. The van der Waals surface area contributed by atoms with Crippen molar-refractivity contribution in [3.8, 4) is 0 Å². The van der Waals surface area contributed by atoms with Crippen LogP contribution in [0.2, 0.25) is 10.0 Å². The third kappa shape index (κ3) is 4.30. The quantitative estimate of drug-likeness (QED) is 0.484. The molecule has 1 aromatic carbocycles. The predicted octanol–water partition coefficient (Wildman–Crippen LogP) is 6.25. The zero-order valence-electron chi connectivity index (χ0n) is 19.1. The molecule has 1 amide bonds. The van der Waals surface area contributed by atoms with Crippen molar-refractivity contribution in [2.24, 2.45) is 11.3 Å². The predicted molar refractivity (Wildman–Crippen MR) is 127 cm³/mol. The highest BCUT2D eigenvalue weighted by molar-refractivity contribution is 6.36. The highest BCUT2D eigenvalue weighted by atomic mass is 35.5. The van der Waals surface area contributed by atoms with Gasteiger partial charge >= 0.3 is 0 Å². The zero-order chi connectivity index (χ0) is 23.2. The number of hydrogen-bond donors (Lipinski definition) is 1. The average molecular weight is 475 g/mol. The van der Waals surface area contributed by atoms with Crippen molar-refractivity contribution in [2.45, 2.75) is 60.4 Å². The van der Waals surface area contributed by atoms with Gasteiger partial charge in [-0.25, -0.2) is 0 Å². The van der Waals surface area contributed by atoms with Crippen molar-refractivity contribution in [2.75, 3.05) is 5.32 Å². The van der Waals surface area contributed by atoms with Gasteiger partial charge in [-0.1, -0.05) is 55.2 Å². The van der Waals surface area contributed by atoms with Gasteiger partial charge in [0.2, 0.25) is 0 Å². The van der Waals surface area contributed by atoms with E-state index in [-0.39, 0.29) is 11.3 Å². The molecule has 0 radical (unpaired) electrons. The average Bonchev–Trinajstić information content (AvgIpc) is 3.26. The second kappa shape index (κ2) is 8.56. The minimum absolute atomic E-state index is 0.164.